The first-order valence-corrected chi connectivity index (χ1v) is 6.99. The molecule has 1 amide bonds. The number of carbonyl (C=O) groups is 2. The summed E-state index contributed by atoms with van der Waals surface area (Å²) in [5.41, 5.74) is 0.377. The molecular weight excluding hydrogens is 300 g/mol. The van der Waals surface area contributed by atoms with Gasteiger partial charge in [0.25, 0.3) is 0 Å². The highest BCUT2D eigenvalue weighted by molar-refractivity contribution is 7.85. The van der Waals surface area contributed by atoms with E-state index < -0.39 is 20.9 Å². The minimum absolute atomic E-state index is 0. The smallest absolute Gasteiger partial charge is 0.231 e. The maximum atomic E-state index is 11.5. The van der Waals surface area contributed by atoms with Gasteiger partial charge in [-0.3, -0.25) is 9.59 Å². The van der Waals surface area contributed by atoms with Gasteiger partial charge >= 0.3 is 0 Å². The highest BCUT2D eigenvalue weighted by Gasteiger charge is 2.15. The van der Waals surface area contributed by atoms with Gasteiger partial charge in [-0.05, 0) is 25.5 Å². The summed E-state index contributed by atoms with van der Waals surface area (Å²) in [6.07, 6.45) is -0.302. The molecule has 0 aliphatic heterocycles. The van der Waals surface area contributed by atoms with Crippen LogP contribution in [0.3, 0.4) is 0 Å². The second-order valence-corrected chi connectivity index (χ2v) is 5.55. The Bertz CT molecular complexity index is 654. The highest BCUT2D eigenvalue weighted by atomic mass is 32.2. The number of Topliss-reactive ketones (excluding diaryl/α,β-unsaturated/α-hetero) is 1. The number of methoxy groups -OCH3 is 1. The monoisotopic (exact) mass is 318 g/mol. The first-order chi connectivity index (χ1) is 9.15. The van der Waals surface area contributed by atoms with E-state index in [9.17, 15) is 22.6 Å². The van der Waals surface area contributed by atoms with Crippen LogP contribution in [0.25, 0.3) is 0 Å². The lowest BCUT2D eigenvalue weighted by Gasteiger charge is -2.16. The lowest BCUT2D eigenvalue weighted by atomic mass is 10.2. The van der Waals surface area contributed by atoms with Crippen LogP contribution in [0.4, 0.5) is 5.69 Å². The van der Waals surface area contributed by atoms with Gasteiger partial charge in [-0.15, -0.1) is 0 Å². The summed E-state index contributed by atoms with van der Waals surface area (Å²) < 4.78 is 38.1. The fraction of sp³-hybridized carbons (Fsp3) is 0.333. The largest absolute Gasteiger partial charge is 0.744 e. The van der Waals surface area contributed by atoms with Crippen LogP contribution in [0.2, 0.25) is 0 Å². The van der Waals surface area contributed by atoms with Crippen molar-refractivity contribution in [1.82, 2.24) is 6.15 Å². The molecule has 0 atom stereocenters. The van der Waals surface area contributed by atoms with Gasteiger partial charge in [0.1, 0.15) is 21.7 Å². The first-order valence-electron chi connectivity index (χ1n) is 5.59. The van der Waals surface area contributed by atoms with E-state index in [1.165, 1.54) is 27.0 Å². The van der Waals surface area contributed by atoms with Crippen molar-refractivity contribution in [2.75, 3.05) is 12.4 Å². The molecule has 0 spiro atoms. The number of hydrogen-bond donors (Lipinski definition) is 2. The lowest BCUT2D eigenvalue weighted by molar-refractivity contribution is -0.124. The quantitative estimate of drug-likeness (QED) is 0.615. The Morgan fingerprint density at radius 1 is 1.33 bits per heavy atom. The van der Waals surface area contributed by atoms with Crippen LogP contribution in [0.5, 0.6) is 5.75 Å². The van der Waals surface area contributed by atoms with Gasteiger partial charge < -0.3 is 20.8 Å². The van der Waals surface area contributed by atoms with Crippen molar-refractivity contribution in [3.05, 3.63) is 17.7 Å². The average molecular weight is 318 g/mol. The van der Waals surface area contributed by atoms with Crippen molar-refractivity contribution in [1.29, 1.82) is 0 Å². The van der Waals surface area contributed by atoms with Gasteiger partial charge in [-0.25, -0.2) is 8.42 Å². The van der Waals surface area contributed by atoms with Gasteiger partial charge in [0.2, 0.25) is 5.91 Å². The van der Waals surface area contributed by atoms with E-state index in [1.807, 2.05) is 0 Å². The maximum Gasteiger partial charge on any atom is 0.231 e. The van der Waals surface area contributed by atoms with E-state index in [2.05, 4.69) is 5.32 Å². The van der Waals surface area contributed by atoms with Crippen LogP contribution in [0, 0.1) is 6.92 Å². The minimum atomic E-state index is -4.63. The number of benzene rings is 1. The second kappa shape index (κ2) is 7.16. The van der Waals surface area contributed by atoms with Crippen LogP contribution < -0.4 is 16.2 Å². The van der Waals surface area contributed by atoms with Crippen molar-refractivity contribution >= 4 is 27.5 Å². The summed E-state index contributed by atoms with van der Waals surface area (Å²) in [5, 5.41) is 2.43. The molecule has 0 radical (unpaired) electrons. The van der Waals surface area contributed by atoms with Crippen molar-refractivity contribution in [3.8, 4) is 5.75 Å². The van der Waals surface area contributed by atoms with Crippen molar-refractivity contribution in [3.63, 3.8) is 0 Å². The molecule has 0 saturated heterocycles. The Hall–Kier alpha value is -1.97. The van der Waals surface area contributed by atoms with Gasteiger partial charge in [-0.2, -0.15) is 0 Å². The Kier molecular flexibility index (Phi) is 6.49. The summed E-state index contributed by atoms with van der Waals surface area (Å²) in [6, 6.07) is 2.35. The van der Waals surface area contributed by atoms with Gasteiger partial charge in [0, 0.05) is 6.07 Å². The van der Waals surface area contributed by atoms with E-state index in [1.54, 1.807) is 0 Å². The molecule has 0 aliphatic carbocycles. The number of amides is 1. The topological polar surface area (TPSA) is 149 Å². The molecule has 21 heavy (non-hydrogen) atoms. The molecule has 0 unspecified atom stereocenters. The minimum Gasteiger partial charge on any atom is -0.744 e. The van der Waals surface area contributed by atoms with Crippen LogP contribution >= 0.6 is 0 Å². The third kappa shape index (κ3) is 5.14. The molecule has 8 nitrogen and oxygen atoms in total. The van der Waals surface area contributed by atoms with Crippen LogP contribution in [-0.2, 0) is 19.7 Å². The van der Waals surface area contributed by atoms with E-state index in [-0.39, 0.29) is 35.4 Å². The van der Waals surface area contributed by atoms with Crippen molar-refractivity contribution < 1.29 is 27.3 Å². The molecule has 0 fully saturated rings. The van der Waals surface area contributed by atoms with Crippen LogP contribution in [-0.4, -0.2) is 31.8 Å². The fourth-order valence-corrected chi connectivity index (χ4v) is 2.33. The van der Waals surface area contributed by atoms with E-state index >= 15 is 0 Å². The predicted octanol–water partition coefficient (Wildman–Crippen LogP) is 1.20. The SMILES string of the molecule is COc1cc(S(=O)(=O)[O-])c(C)cc1NC(=O)CC(C)=O.[NH4+]. The molecular formula is C12H18N2O6S. The molecule has 5 N–H and O–H groups in total. The van der Waals surface area contributed by atoms with Crippen LogP contribution in [0.1, 0.15) is 18.9 Å². The summed E-state index contributed by atoms with van der Waals surface area (Å²) in [6.45, 7) is 2.69. The summed E-state index contributed by atoms with van der Waals surface area (Å²) >= 11 is 0. The number of rotatable bonds is 5. The number of anilines is 1. The molecule has 9 heteroatoms. The molecule has 0 aromatic heterocycles. The molecule has 0 heterocycles. The Labute approximate surface area is 122 Å². The number of carbonyl (C=O) groups excluding carboxylic acids is 2. The summed E-state index contributed by atoms with van der Waals surface area (Å²) in [4.78, 5) is 21.9. The molecule has 1 aromatic carbocycles. The molecule has 0 bridgehead atoms. The normalized spacial score (nSPS) is 10.5. The van der Waals surface area contributed by atoms with Crippen LogP contribution in [0.15, 0.2) is 17.0 Å². The van der Waals surface area contributed by atoms with E-state index in [4.69, 9.17) is 4.74 Å². The maximum absolute atomic E-state index is 11.5. The average Bonchev–Trinajstić information content (AvgIpc) is 2.26. The lowest BCUT2D eigenvalue weighted by Crippen LogP contribution is -2.16. The van der Waals surface area contributed by atoms with E-state index in [0.29, 0.717) is 0 Å². The van der Waals surface area contributed by atoms with E-state index in [0.717, 1.165) is 6.07 Å². The number of ether oxygens (including phenoxy) is 1. The fourth-order valence-electron chi connectivity index (χ4n) is 1.63. The third-order valence-electron chi connectivity index (χ3n) is 2.45. The molecule has 118 valence electrons. The van der Waals surface area contributed by atoms with Crippen molar-refractivity contribution in [2.45, 2.75) is 25.2 Å². The summed E-state index contributed by atoms with van der Waals surface area (Å²) in [7, 11) is -3.36. The van der Waals surface area contributed by atoms with Gasteiger partial charge in [0.15, 0.2) is 0 Å². The summed E-state index contributed by atoms with van der Waals surface area (Å²) in [5.74, 6) is -0.827. The van der Waals surface area contributed by atoms with Gasteiger partial charge in [-0.1, -0.05) is 0 Å². The Morgan fingerprint density at radius 2 is 1.90 bits per heavy atom. The molecule has 0 saturated carbocycles. The van der Waals surface area contributed by atoms with Gasteiger partial charge in [0.05, 0.1) is 24.1 Å². The Morgan fingerprint density at radius 3 is 2.33 bits per heavy atom. The zero-order valence-electron chi connectivity index (χ0n) is 12.2. The first kappa shape index (κ1) is 19.0. The predicted molar refractivity (Wildman–Crippen MR) is 75.6 cm³/mol. The zero-order chi connectivity index (χ0) is 15.5. The number of quaternary nitrogens is 1. The standard InChI is InChI=1S/C12H15NO6S.H3N/c1-7-4-9(13-12(15)5-8(2)14)10(19-3)6-11(7)20(16,17)18;/h4,6H,5H2,1-3H3,(H,13,15)(H,16,17,18);1H3. The number of ketones is 1. The molecule has 1 aromatic rings. The molecule has 0 aliphatic rings. The number of aryl methyl sites for hydroxylation is 1. The third-order valence-corrected chi connectivity index (χ3v) is 3.43. The number of nitrogens with one attached hydrogen (secondary N) is 1. The number of hydrogen-bond acceptors (Lipinski definition) is 6. The molecule has 1 rings (SSSR count). The Balaban J connectivity index is 0.00000400. The zero-order valence-corrected chi connectivity index (χ0v) is 13.0. The highest BCUT2D eigenvalue weighted by Crippen LogP contribution is 2.30. The van der Waals surface area contributed by atoms with Crippen molar-refractivity contribution in [2.24, 2.45) is 0 Å². The second-order valence-electron chi connectivity index (χ2n) is 4.20.